The van der Waals surface area contributed by atoms with Gasteiger partial charge in [-0.15, -0.1) is 0 Å². The molecule has 1 unspecified atom stereocenters. The summed E-state index contributed by atoms with van der Waals surface area (Å²) in [5.74, 6) is -0.259. The Labute approximate surface area is 61.9 Å². The van der Waals surface area contributed by atoms with Crippen molar-refractivity contribution < 1.29 is 9.53 Å². The Morgan fingerprint density at radius 1 is 1.70 bits per heavy atom. The van der Waals surface area contributed by atoms with Gasteiger partial charge in [-0.3, -0.25) is 4.79 Å². The fourth-order valence-electron chi connectivity index (χ4n) is 0.641. The smallest absolute Gasteiger partial charge is 0.312 e. The number of carbonyl (C=O) groups is 1. The van der Waals surface area contributed by atoms with Crippen molar-refractivity contribution in [1.82, 2.24) is 0 Å². The second-order valence-corrected chi connectivity index (χ2v) is 2.07. The Morgan fingerprint density at radius 2 is 2.30 bits per heavy atom. The summed E-state index contributed by atoms with van der Waals surface area (Å²) >= 11 is 0. The van der Waals surface area contributed by atoms with E-state index in [4.69, 9.17) is 4.74 Å². The van der Waals surface area contributed by atoms with Crippen LogP contribution in [-0.4, -0.2) is 12.6 Å². The average molecular weight is 142 g/mol. The predicted octanol–water partition coefficient (Wildman–Crippen LogP) is 1.76. The third kappa shape index (κ3) is 3.28. The molecule has 0 aliphatic heterocycles. The summed E-state index contributed by atoms with van der Waals surface area (Å²) in [5.41, 5.74) is 0. The molecule has 1 atom stereocenters. The molecule has 0 saturated carbocycles. The van der Waals surface area contributed by atoms with E-state index in [1.807, 2.05) is 26.0 Å². The monoisotopic (exact) mass is 142 g/mol. The molecule has 0 aromatic heterocycles. The SMILES string of the molecule is C/C=C/C(C)C(=O)OCC. The summed E-state index contributed by atoms with van der Waals surface area (Å²) < 4.78 is 4.77. The van der Waals surface area contributed by atoms with Crippen molar-refractivity contribution in [2.45, 2.75) is 20.8 Å². The number of carbonyl (C=O) groups excluding carboxylic acids is 1. The zero-order valence-corrected chi connectivity index (χ0v) is 6.76. The van der Waals surface area contributed by atoms with Gasteiger partial charge >= 0.3 is 5.97 Å². The Kier molecular flexibility index (Phi) is 4.63. The molecule has 0 aromatic carbocycles. The Morgan fingerprint density at radius 3 is 2.70 bits per heavy atom. The fraction of sp³-hybridized carbons (Fsp3) is 0.625. The molecule has 2 nitrogen and oxygen atoms in total. The lowest BCUT2D eigenvalue weighted by Crippen LogP contribution is -2.12. The molecular formula is C8H14O2. The van der Waals surface area contributed by atoms with E-state index in [1.165, 1.54) is 0 Å². The molecule has 0 heterocycles. The highest BCUT2D eigenvalue weighted by Gasteiger charge is 2.08. The van der Waals surface area contributed by atoms with E-state index in [1.54, 1.807) is 6.92 Å². The molecule has 0 radical (unpaired) electrons. The van der Waals surface area contributed by atoms with E-state index in [0.29, 0.717) is 6.61 Å². The van der Waals surface area contributed by atoms with Crippen LogP contribution in [0.1, 0.15) is 20.8 Å². The summed E-state index contributed by atoms with van der Waals surface area (Å²) in [5, 5.41) is 0. The molecule has 0 spiro atoms. The van der Waals surface area contributed by atoms with Gasteiger partial charge in [-0.2, -0.15) is 0 Å². The molecule has 0 amide bonds. The molecule has 0 rings (SSSR count). The van der Waals surface area contributed by atoms with E-state index < -0.39 is 0 Å². The molecule has 0 N–H and O–H groups in total. The maximum absolute atomic E-state index is 10.9. The molecular weight excluding hydrogens is 128 g/mol. The van der Waals surface area contributed by atoms with Crippen molar-refractivity contribution in [2.24, 2.45) is 5.92 Å². The van der Waals surface area contributed by atoms with Gasteiger partial charge in [0.1, 0.15) is 0 Å². The molecule has 0 fully saturated rings. The Balaban J connectivity index is 3.70. The lowest BCUT2D eigenvalue weighted by molar-refractivity contribution is -0.145. The highest BCUT2D eigenvalue weighted by Crippen LogP contribution is 1.99. The summed E-state index contributed by atoms with van der Waals surface area (Å²) in [6, 6.07) is 0. The van der Waals surface area contributed by atoms with Crippen molar-refractivity contribution in [3.63, 3.8) is 0 Å². The minimum Gasteiger partial charge on any atom is -0.466 e. The Bertz CT molecular complexity index is 127. The van der Waals surface area contributed by atoms with E-state index in [-0.39, 0.29) is 11.9 Å². The topological polar surface area (TPSA) is 26.3 Å². The largest absolute Gasteiger partial charge is 0.466 e. The summed E-state index contributed by atoms with van der Waals surface area (Å²) in [6.45, 7) is 5.97. The molecule has 0 aromatic rings. The third-order valence-corrected chi connectivity index (χ3v) is 1.14. The van der Waals surface area contributed by atoms with Crippen molar-refractivity contribution in [3.8, 4) is 0 Å². The van der Waals surface area contributed by atoms with Crippen LogP contribution in [0.3, 0.4) is 0 Å². The standard InChI is InChI=1S/C8H14O2/c1-4-6-7(3)8(9)10-5-2/h4,6-7H,5H2,1-3H3/b6-4+. The van der Waals surface area contributed by atoms with Crippen LogP contribution in [0.25, 0.3) is 0 Å². The molecule has 0 aliphatic carbocycles. The van der Waals surface area contributed by atoms with Gasteiger partial charge in [0.25, 0.3) is 0 Å². The Hall–Kier alpha value is -0.790. The molecule has 2 heteroatoms. The van der Waals surface area contributed by atoms with E-state index >= 15 is 0 Å². The van der Waals surface area contributed by atoms with E-state index in [0.717, 1.165) is 0 Å². The summed E-state index contributed by atoms with van der Waals surface area (Å²) in [6.07, 6.45) is 3.67. The first-order valence-corrected chi connectivity index (χ1v) is 3.51. The van der Waals surface area contributed by atoms with E-state index in [2.05, 4.69) is 0 Å². The van der Waals surface area contributed by atoms with Crippen molar-refractivity contribution in [3.05, 3.63) is 12.2 Å². The predicted molar refractivity (Wildman–Crippen MR) is 40.6 cm³/mol. The van der Waals surface area contributed by atoms with Crippen molar-refractivity contribution >= 4 is 5.97 Å². The molecule has 0 aliphatic rings. The molecule has 0 bridgehead atoms. The number of esters is 1. The molecule has 58 valence electrons. The maximum atomic E-state index is 10.9. The van der Waals surface area contributed by atoms with Crippen LogP contribution in [-0.2, 0) is 9.53 Å². The van der Waals surface area contributed by atoms with Gasteiger partial charge in [0.2, 0.25) is 0 Å². The fourth-order valence-corrected chi connectivity index (χ4v) is 0.641. The quantitative estimate of drug-likeness (QED) is 0.443. The van der Waals surface area contributed by atoms with Crippen LogP contribution in [0.4, 0.5) is 0 Å². The first kappa shape index (κ1) is 9.21. The highest BCUT2D eigenvalue weighted by atomic mass is 16.5. The van der Waals surface area contributed by atoms with Gasteiger partial charge in [0.05, 0.1) is 12.5 Å². The normalized spacial score (nSPS) is 13.5. The second-order valence-electron chi connectivity index (χ2n) is 2.07. The minimum atomic E-state index is -0.152. The number of ether oxygens (including phenoxy) is 1. The third-order valence-electron chi connectivity index (χ3n) is 1.14. The van der Waals surface area contributed by atoms with Crippen LogP contribution in [0.15, 0.2) is 12.2 Å². The maximum Gasteiger partial charge on any atom is 0.312 e. The zero-order chi connectivity index (χ0) is 7.98. The van der Waals surface area contributed by atoms with Crippen LogP contribution in [0.2, 0.25) is 0 Å². The van der Waals surface area contributed by atoms with Gasteiger partial charge in [-0.05, 0) is 20.8 Å². The second kappa shape index (κ2) is 5.03. The average Bonchev–Trinajstić information content (AvgIpc) is 1.89. The highest BCUT2D eigenvalue weighted by molar-refractivity contribution is 5.73. The molecule has 0 saturated heterocycles. The van der Waals surface area contributed by atoms with Crippen LogP contribution in [0.5, 0.6) is 0 Å². The van der Waals surface area contributed by atoms with E-state index in [9.17, 15) is 4.79 Å². The minimum absolute atomic E-state index is 0.107. The van der Waals surface area contributed by atoms with Crippen molar-refractivity contribution in [1.29, 1.82) is 0 Å². The zero-order valence-electron chi connectivity index (χ0n) is 6.76. The van der Waals surface area contributed by atoms with Crippen molar-refractivity contribution in [2.75, 3.05) is 6.61 Å². The summed E-state index contributed by atoms with van der Waals surface area (Å²) in [4.78, 5) is 10.9. The first-order valence-electron chi connectivity index (χ1n) is 3.51. The van der Waals surface area contributed by atoms with Crippen LogP contribution in [0, 0.1) is 5.92 Å². The van der Waals surface area contributed by atoms with Gasteiger partial charge in [-0.25, -0.2) is 0 Å². The number of rotatable bonds is 3. The van der Waals surface area contributed by atoms with Gasteiger partial charge < -0.3 is 4.74 Å². The van der Waals surface area contributed by atoms with Gasteiger partial charge in [0.15, 0.2) is 0 Å². The van der Waals surface area contributed by atoms with Crippen LogP contribution >= 0.6 is 0 Å². The number of allylic oxidation sites excluding steroid dienone is 1. The lowest BCUT2D eigenvalue weighted by Gasteiger charge is -2.03. The lowest BCUT2D eigenvalue weighted by atomic mass is 10.2. The van der Waals surface area contributed by atoms with Crippen LogP contribution < -0.4 is 0 Å². The van der Waals surface area contributed by atoms with Gasteiger partial charge in [0, 0.05) is 0 Å². The number of hydrogen-bond acceptors (Lipinski definition) is 2. The number of hydrogen-bond donors (Lipinski definition) is 0. The van der Waals surface area contributed by atoms with Gasteiger partial charge in [-0.1, -0.05) is 12.2 Å². The first-order chi connectivity index (χ1) is 4.72. The summed E-state index contributed by atoms with van der Waals surface area (Å²) in [7, 11) is 0. The molecule has 10 heavy (non-hydrogen) atoms.